The molecule has 265 valence electrons. The van der Waals surface area contributed by atoms with Crippen molar-refractivity contribution in [2.24, 2.45) is 0 Å². The van der Waals surface area contributed by atoms with Crippen LogP contribution >= 0.6 is 0 Å². The molecule has 0 amide bonds. The van der Waals surface area contributed by atoms with Crippen molar-refractivity contribution in [3.63, 3.8) is 0 Å². The van der Waals surface area contributed by atoms with Crippen LogP contribution < -0.4 is 0 Å². The van der Waals surface area contributed by atoms with Crippen molar-refractivity contribution in [1.29, 1.82) is 0 Å². The zero-order chi connectivity index (χ0) is 37.5. The van der Waals surface area contributed by atoms with E-state index < -0.39 is 0 Å². The molecule has 1 radical (unpaired) electrons. The summed E-state index contributed by atoms with van der Waals surface area (Å²) in [5, 5.41) is 0. The van der Waals surface area contributed by atoms with E-state index in [-0.39, 0.29) is 0 Å². The molecule has 0 heteroatoms. The molecule has 0 unspecified atom stereocenters. The highest BCUT2D eigenvalue weighted by Gasteiger charge is 2.28. The largest absolute Gasteiger partial charge is 0.0622 e. The summed E-state index contributed by atoms with van der Waals surface area (Å²) in [6.07, 6.45) is 0.709. The number of hydrogen-bond acceptors (Lipinski definition) is 0. The van der Waals surface area contributed by atoms with Gasteiger partial charge in [0.25, 0.3) is 0 Å². The molecule has 0 aliphatic rings. The lowest BCUT2D eigenvalue weighted by molar-refractivity contribution is 1.03. The Hall–Kier alpha value is -7.02. The average Bonchev–Trinajstić information content (AvgIpc) is 3.29. The summed E-state index contributed by atoms with van der Waals surface area (Å²) >= 11 is 0. The highest BCUT2D eigenvalue weighted by atomic mass is 14.3. The van der Waals surface area contributed by atoms with Crippen LogP contribution in [0.15, 0.2) is 237 Å². The van der Waals surface area contributed by atoms with Gasteiger partial charge in [0.15, 0.2) is 0 Å². The molecule has 0 atom stereocenters. The third kappa shape index (κ3) is 7.02. The third-order valence-electron chi connectivity index (χ3n) is 10.7. The summed E-state index contributed by atoms with van der Waals surface area (Å²) in [5.41, 5.74) is 18.3. The molecule has 0 N–H and O–H groups in total. The maximum absolute atomic E-state index is 2.34. The molecule has 9 aromatic carbocycles. The van der Waals surface area contributed by atoms with E-state index in [1.807, 2.05) is 0 Å². The molecule has 9 aromatic rings. The van der Waals surface area contributed by atoms with Crippen LogP contribution in [-0.2, 0) is 6.42 Å². The first-order chi connectivity index (χ1) is 27.8. The topological polar surface area (TPSA) is 0 Å². The smallest absolute Gasteiger partial charge is 0.0396 e. The second kappa shape index (κ2) is 16.1. The fourth-order valence-corrected chi connectivity index (χ4v) is 8.23. The normalized spacial score (nSPS) is 11.1. The molecule has 0 nitrogen and oxygen atoms in total. The van der Waals surface area contributed by atoms with Crippen molar-refractivity contribution in [3.8, 4) is 66.8 Å². The molecular formula is C56H41. The molecule has 0 fully saturated rings. The minimum Gasteiger partial charge on any atom is -0.0622 e. The van der Waals surface area contributed by atoms with Crippen LogP contribution in [0.3, 0.4) is 0 Å². The van der Waals surface area contributed by atoms with Crippen molar-refractivity contribution >= 4 is 0 Å². The zero-order valence-electron chi connectivity index (χ0n) is 31.2. The Morgan fingerprint density at radius 2 is 0.518 bits per heavy atom. The summed E-state index contributed by atoms with van der Waals surface area (Å²) in [7, 11) is 0. The average molecular weight is 714 g/mol. The van der Waals surface area contributed by atoms with Gasteiger partial charge in [-0.05, 0) is 89.9 Å². The van der Waals surface area contributed by atoms with Crippen LogP contribution in [0, 0.1) is 5.92 Å². The molecular weight excluding hydrogens is 673 g/mol. The lowest BCUT2D eigenvalue weighted by atomic mass is 9.75. The van der Waals surface area contributed by atoms with Crippen LogP contribution in [0.1, 0.15) is 16.7 Å². The van der Waals surface area contributed by atoms with Gasteiger partial charge in [0.1, 0.15) is 0 Å². The molecule has 9 rings (SSSR count). The second-order valence-electron chi connectivity index (χ2n) is 14.1. The monoisotopic (exact) mass is 713 g/mol. The van der Waals surface area contributed by atoms with Gasteiger partial charge in [0.05, 0.1) is 0 Å². The summed E-state index contributed by atoms with van der Waals surface area (Å²) in [5.74, 6) is 1.28. The molecule has 0 aliphatic heterocycles. The van der Waals surface area contributed by atoms with Crippen LogP contribution in [0.2, 0.25) is 0 Å². The zero-order valence-corrected chi connectivity index (χ0v) is 31.2. The summed E-state index contributed by atoms with van der Waals surface area (Å²) < 4.78 is 0. The van der Waals surface area contributed by atoms with Gasteiger partial charge in [-0.2, -0.15) is 0 Å². The minimum atomic E-state index is 0.709. The van der Waals surface area contributed by atoms with Gasteiger partial charge in [0, 0.05) is 5.92 Å². The Labute approximate surface area is 331 Å². The van der Waals surface area contributed by atoms with E-state index >= 15 is 0 Å². The number of rotatable bonds is 10. The SMILES string of the molecule is c1ccc(-c2cccc(C[C](c3cccc(-c4ccccc4)c3-c3ccccc3)c3cccc(-c4ccccc4)c3-c3ccccc3)c2-c2ccccc2)cc1. The molecule has 0 heterocycles. The standard InChI is InChI=1S/C56H41/c1-7-22-41(23-8-1)48-35-19-34-47(54(48)44-28-13-4-14-29-44)40-53(51-38-20-36-49(42-24-9-2-10-25-42)55(51)45-30-15-5-16-31-45)52-39-21-37-50(43-26-11-3-12-27-43)56(52)46-32-17-6-18-33-46/h1-39H,40H2. The lowest BCUT2D eigenvalue weighted by Crippen LogP contribution is -2.12. The van der Waals surface area contributed by atoms with Gasteiger partial charge in [-0.1, -0.05) is 237 Å². The Bertz CT molecular complexity index is 2540. The second-order valence-corrected chi connectivity index (χ2v) is 14.1. The van der Waals surface area contributed by atoms with Crippen molar-refractivity contribution in [2.45, 2.75) is 6.42 Å². The van der Waals surface area contributed by atoms with Crippen LogP contribution in [0.25, 0.3) is 66.8 Å². The molecule has 0 aliphatic carbocycles. The van der Waals surface area contributed by atoms with Gasteiger partial charge < -0.3 is 0 Å². The van der Waals surface area contributed by atoms with Crippen molar-refractivity contribution in [1.82, 2.24) is 0 Å². The van der Waals surface area contributed by atoms with Crippen molar-refractivity contribution in [3.05, 3.63) is 259 Å². The fourth-order valence-electron chi connectivity index (χ4n) is 8.23. The maximum atomic E-state index is 2.34. The Kier molecular flexibility index (Phi) is 10.0. The third-order valence-corrected chi connectivity index (χ3v) is 10.7. The van der Waals surface area contributed by atoms with Gasteiger partial charge in [-0.3, -0.25) is 0 Å². The molecule has 0 saturated heterocycles. The van der Waals surface area contributed by atoms with Crippen molar-refractivity contribution < 1.29 is 0 Å². The predicted octanol–water partition coefficient (Wildman–Crippen LogP) is 14.9. The summed E-state index contributed by atoms with van der Waals surface area (Å²) in [6, 6.07) is 85.8. The van der Waals surface area contributed by atoms with Crippen LogP contribution in [0.4, 0.5) is 0 Å². The maximum Gasteiger partial charge on any atom is 0.0396 e. The van der Waals surface area contributed by atoms with E-state index in [2.05, 4.69) is 237 Å². The van der Waals surface area contributed by atoms with E-state index in [0.717, 1.165) is 0 Å². The highest BCUT2D eigenvalue weighted by molar-refractivity contribution is 5.93. The Morgan fingerprint density at radius 3 is 0.875 bits per heavy atom. The van der Waals surface area contributed by atoms with Gasteiger partial charge in [-0.15, -0.1) is 0 Å². The first-order valence-electron chi connectivity index (χ1n) is 19.4. The molecule has 0 bridgehead atoms. The van der Waals surface area contributed by atoms with E-state index in [9.17, 15) is 0 Å². The lowest BCUT2D eigenvalue weighted by Gasteiger charge is -2.28. The number of hydrogen-bond donors (Lipinski definition) is 0. The van der Waals surface area contributed by atoms with E-state index in [1.165, 1.54) is 89.4 Å². The molecule has 0 aromatic heterocycles. The molecule has 0 saturated carbocycles. The highest BCUT2D eigenvalue weighted by Crippen LogP contribution is 2.47. The number of benzene rings is 9. The van der Waals surface area contributed by atoms with E-state index in [1.54, 1.807) is 0 Å². The Morgan fingerprint density at radius 1 is 0.232 bits per heavy atom. The van der Waals surface area contributed by atoms with Gasteiger partial charge in [-0.25, -0.2) is 0 Å². The molecule has 56 heavy (non-hydrogen) atoms. The van der Waals surface area contributed by atoms with Crippen LogP contribution in [-0.4, -0.2) is 0 Å². The molecule has 0 spiro atoms. The Balaban J connectivity index is 1.37. The minimum absolute atomic E-state index is 0.709. The van der Waals surface area contributed by atoms with E-state index in [4.69, 9.17) is 0 Å². The summed E-state index contributed by atoms with van der Waals surface area (Å²) in [6.45, 7) is 0. The van der Waals surface area contributed by atoms with Gasteiger partial charge in [0.2, 0.25) is 0 Å². The fraction of sp³-hybridized carbons (Fsp3) is 0.0179. The quantitative estimate of drug-likeness (QED) is 0.132. The summed E-state index contributed by atoms with van der Waals surface area (Å²) in [4.78, 5) is 0. The van der Waals surface area contributed by atoms with Gasteiger partial charge >= 0.3 is 0 Å². The first-order valence-corrected chi connectivity index (χ1v) is 19.4. The first kappa shape index (κ1) is 34.7. The van der Waals surface area contributed by atoms with Crippen molar-refractivity contribution in [2.75, 3.05) is 0 Å². The van der Waals surface area contributed by atoms with E-state index in [0.29, 0.717) is 6.42 Å². The van der Waals surface area contributed by atoms with Crippen LogP contribution in [0.5, 0.6) is 0 Å². The predicted molar refractivity (Wildman–Crippen MR) is 237 cm³/mol.